The van der Waals surface area contributed by atoms with E-state index < -0.39 is 0 Å². The second-order valence-electron chi connectivity index (χ2n) is 7.43. The Hall–Kier alpha value is -2.80. The summed E-state index contributed by atoms with van der Waals surface area (Å²) in [6, 6.07) is 15.4. The highest BCUT2D eigenvalue weighted by molar-refractivity contribution is 7.99. The number of amides is 1. The van der Waals surface area contributed by atoms with Crippen LogP contribution >= 0.6 is 11.8 Å². The fourth-order valence-corrected chi connectivity index (χ4v) is 4.35. The van der Waals surface area contributed by atoms with Crippen molar-refractivity contribution in [3.63, 3.8) is 0 Å². The van der Waals surface area contributed by atoms with Gasteiger partial charge in [-0.15, -0.1) is 0 Å². The molecule has 2 aromatic carbocycles. The summed E-state index contributed by atoms with van der Waals surface area (Å²) in [6.07, 6.45) is 1.97. The number of thioether (sulfide) groups is 1. The summed E-state index contributed by atoms with van der Waals surface area (Å²) in [7, 11) is 1.79. The molecule has 0 saturated heterocycles. The van der Waals surface area contributed by atoms with Crippen LogP contribution in [0.25, 0.3) is 10.9 Å². The molecule has 1 saturated carbocycles. The van der Waals surface area contributed by atoms with E-state index >= 15 is 0 Å². The second-order valence-corrected chi connectivity index (χ2v) is 8.38. The van der Waals surface area contributed by atoms with Gasteiger partial charge in [-0.2, -0.15) is 0 Å². The van der Waals surface area contributed by atoms with Crippen molar-refractivity contribution in [2.24, 2.45) is 0 Å². The largest absolute Gasteiger partial charge is 0.494 e. The van der Waals surface area contributed by atoms with E-state index in [2.05, 4.69) is 4.98 Å². The Balaban J connectivity index is 1.45. The number of rotatable bonds is 8. The van der Waals surface area contributed by atoms with Gasteiger partial charge in [0.2, 0.25) is 5.91 Å². The number of aromatic nitrogens is 2. The molecule has 0 bridgehead atoms. The van der Waals surface area contributed by atoms with E-state index in [0.717, 1.165) is 24.2 Å². The Kier molecular flexibility index (Phi) is 6.08. The van der Waals surface area contributed by atoms with Crippen molar-refractivity contribution < 1.29 is 9.53 Å². The Morgan fingerprint density at radius 2 is 1.93 bits per heavy atom. The van der Waals surface area contributed by atoms with Crippen molar-refractivity contribution in [2.75, 3.05) is 19.4 Å². The smallest absolute Gasteiger partial charge is 0.262 e. The zero-order chi connectivity index (χ0) is 21.1. The average molecular weight is 424 g/mol. The number of nitrogens with zero attached hydrogens (tertiary/aromatic N) is 3. The molecule has 0 aliphatic heterocycles. The third-order valence-corrected chi connectivity index (χ3v) is 6.03. The molecule has 0 radical (unpaired) electrons. The van der Waals surface area contributed by atoms with Crippen LogP contribution in [0.4, 0.5) is 0 Å². The molecule has 7 heteroatoms. The van der Waals surface area contributed by atoms with E-state index in [1.807, 2.05) is 55.5 Å². The van der Waals surface area contributed by atoms with Crippen LogP contribution in [0.15, 0.2) is 58.5 Å². The molecule has 1 heterocycles. The van der Waals surface area contributed by atoms with Gasteiger partial charge < -0.3 is 9.64 Å². The van der Waals surface area contributed by atoms with Crippen LogP contribution in [0, 0.1) is 0 Å². The lowest BCUT2D eigenvalue weighted by Crippen LogP contribution is -2.28. The van der Waals surface area contributed by atoms with Crippen LogP contribution in [-0.4, -0.2) is 39.8 Å². The van der Waals surface area contributed by atoms with E-state index in [4.69, 9.17) is 4.74 Å². The maximum Gasteiger partial charge on any atom is 0.262 e. The minimum atomic E-state index is -0.0132. The zero-order valence-electron chi connectivity index (χ0n) is 17.2. The summed E-state index contributed by atoms with van der Waals surface area (Å²) in [5.41, 5.74) is 1.70. The molecule has 6 nitrogen and oxygen atoms in total. The third kappa shape index (κ3) is 4.51. The second kappa shape index (κ2) is 8.92. The topological polar surface area (TPSA) is 64.4 Å². The molecule has 1 aliphatic carbocycles. The molecule has 0 atom stereocenters. The van der Waals surface area contributed by atoms with Gasteiger partial charge in [0.15, 0.2) is 5.16 Å². The van der Waals surface area contributed by atoms with Gasteiger partial charge in [0, 0.05) is 19.6 Å². The van der Waals surface area contributed by atoms with E-state index in [0.29, 0.717) is 29.2 Å². The molecule has 3 aromatic rings. The van der Waals surface area contributed by atoms with Crippen molar-refractivity contribution in [1.82, 2.24) is 14.5 Å². The lowest BCUT2D eigenvalue weighted by Gasteiger charge is -2.18. The minimum absolute atomic E-state index is 0.00126. The quantitative estimate of drug-likeness (QED) is 0.406. The average Bonchev–Trinajstić information content (AvgIpc) is 3.58. The van der Waals surface area contributed by atoms with Crippen molar-refractivity contribution in [3.8, 4) is 5.75 Å². The highest BCUT2D eigenvalue weighted by Crippen LogP contribution is 2.36. The highest BCUT2D eigenvalue weighted by atomic mass is 32.2. The Morgan fingerprint density at radius 1 is 1.20 bits per heavy atom. The Morgan fingerprint density at radius 3 is 2.63 bits per heavy atom. The molecule has 1 fully saturated rings. The number of benzene rings is 2. The van der Waals surface area contributed by atoms with Crippen LogP contribution in [0.5, 0.6) is 5.75 Å². The van der Waals surface area contributed by atoms with Crippen LogP contribution in [-0.2, 0) is 11.3 Å². The summed E-state index contributed by atoms with van der Waals surface area (Å²) in [5, 5.41) is 1.26. The van der Waals surface area contributed by atoms with E-state index in [1.165, 1.54) is 11.8 Å². The molecule has 0 spiro atoms. The highest BCUT2D eigenvalue weighted by Gasteiger charge is 2.29. The summed E-state index contributed by atoms with van der Waals surface area (Å²) in [4.78, 5) is 32.0. The first-order chi connectivity index (χ1) is 14.6. The summed E-state index contributed by atoms with van der Waals surface area (Å²) in [5.74, 6) is 1.07. The summed E-state index contributed by atoms with van der Waals surface area (Å²) in [6.45, 7) is 3.10. The van der Waals surface area contributed by atoms with Gasteiger partial charge in [-0.1, -0.05) is 36.0 Å². The van der Waals surface area contributed by atoms with E-state index in [1.54, 1.807) is 16.5 Å². The minimum Gasteiger partial charge on any atom is -0.494 e. The fourth-order valence-electron chi connectivity index (χ4n) is 3.34. The predicted molar refractivity (Wildman–Crippen MR) is 119 cm³/mol. The number of carbonyl (C=O) groups excluding carboxylic acids is 1. The number of fused-ring (bicyclic) bond motifs is 1. The first kappa shape index (κ1) is 20.5. The maximum absolute atomic E-state index is 12.9. The molecular weight excluding hydrogens is 398 g/mol. The van der Waals surface area contributed by atoms with Gasteiger partial charge in [-0.05, 0) is 49.6 Å². The van der Waals surface area contributed by atoms with Gasteiger partial charge in [0.25, 0.3) is 5.56 Å². The van der Waals surface area contributed by atoms with Crippen molar-refractivity contribution >= 4 is 28.6 Å². The fraction of sp³-hybridized carbons (Fsp3) is 0.348. The molecule has 30 heavy (non-hydrogen) atoms. The van der Waals surface area contributed by atoms with Crippen LogP contribution < -0.4 is 10.3 Å². The van der Waals surface area contributed by atoms with Crippen LogP contribution in [0.2, 0.25) is 0 Å². The summed E-state index contributed by atoms with van der Waals surface area (Å²) >= 11 is 1.34. The van der Waals surface area contributed by atoms with Gasteiger partial charge in [-0.3, -0.25) is 14.2 Å². The molecular formula is C23H25N3O3S. The molecule has 4 rings (SSSR count). The lowest BCUT2D eigenvalue weighted by molar-refractivity contribution is -0.127. The Bertz CT molecular complexity index is 1110. The molecule has 1 aromatic heterocycles. The number of carbonyl (C=O) groups is 1. The van der Waals surface area contributed by atoms with Crippen molar-refractivity contribution in [1.29, 1.82) is 0 Å². The zero-order valence-corrected chi connectivity index (χ0v) is 18.0. The molecule has 156 valence electrons. The van der Waals surface area contributed by atoms with Crippen molar-refractivity contribution in [3.05, 3.63) is 64.4 Å². The lowest BCUT2D eigenvalue weighted by atomic mass is 10.2. The third-order valence-electron chi connectivity index (χ3n) is 5.09. The first-order valence-electron chi connectivity index (χ1n) is 10.2. The standard InChI is InChI=1S/C23H25N3O3S/c1-3-29-18-12-8-16(9-13-18)14-25(2)21(27)15-30-23-24-20-7-5-4-6-19(20)22(28)26(23)17-10-11-17/h4-9,12-13,17H,3,10-11,14-15H2,1-2H3. The number of hydrogen-bond acceptors (Lipinski definition) is 5. The monoisotopic (exact) mass is 423 g/mol. The van der Waals surface area contributed by atoms with Crippen molar-refractivity contribution in [2.45, 2.75) is 37.5 Å². The number of ether oxygens (including phenoxy) is 1. The predicted octanol–water partition coefficient (Wildman–Crippen LogP) is 3.88. The maximum atomic E-state index is 12.9. The van der Waals surface area contributed by atoms with E-state index in [9.17, 15) is 9.59 Å². The molecule has 0 unspecified atom stereocenters. The normalized spacial score (nSPS) is 13.4. The first-order valence-corrected chi connectivity index (χ1v) is 11.1. The SMILES string of the molecule is CCOc1ccc(CN(C)C(=O)CSc2nc3ccccc3c(=O)n2C2CC2)cc1. The number of para-hydroxylation sites is 1. The molecule has 1 amide bonds. The Labute approximate surface area is 179 Å². The van der Waals surface area contributed by atoms with Gasteiger partial charge in [0.1, 0.15) is 5.75 Å². The van der Waals surface area contributed by atoms with Gasteiger partial charge in [0.05, 0.1) is 23.3 Å². The molecule has 1 aliphatic rings. The summed E-state index contributed by atoms with van der Waals surface area (Å²) < 4.78 is 7.23. The molecule has 0 N–H and O–H groups in total. The number of hydrogen-bond donors (Lipinski definition) is 0. The van der Waals surface area contributed by atoms with E-state index in [-0.39, 0.29) is 23.3 Å². The van der Waals surface area contributed by atoms with Gasteiger partial charge >= 0.3 is 0 Å². The van der Waals surface area contributed by atoms with Crippen LogP contribution in [0.1, 0.15) is 31.4 Å². The van der Waals surface area contributed by atoms with Crippen LogP contribution in [0.3, 0.4) is 0 Å². The van der Waals surface area contributed by atoms with Gasteiger partial charge in [-0.25, -0.2) is 4.98 Å².